The van der Waals surface area contributed by atoms with Gasteiger partial charge in [0.1, 0.15) is 6.10 Å². The highest BCUT2D eigenvalue weighted by molar-refractivity contribution is 4.96. The van der Waals surface area contributed by atoms with E-state index in [0.29, 0.717) is 30.4 Å². The van der Waals surface area contributed by atoms with Gasteiger partial charge in [-0.15, -0.1) is 0 Å². The van der Waals surface area contributed by atoms with E-state index in [1.807, 2.05) is 21.2 Å². The third-order valence-electron chi connectivity index (χ3n) is 10.5. The monoisotopic (exact) mass is 597 g/mol. The predicted molar refractivity (Wildman–Crippen MR) is 166 cm³/mol. The average molecular weight is 598 g/mol. The maximum absolute atomic E-state index is 11.3. The van der Waals surface area contributed by atoms with Crippen LogP contribution in [0, 0.1) is 29.1 Å². The number of aliphatic hydroxyl groups is 1. The summed E-state index contributed by atoms with van der Waals surface area (Å²) in [5, 5.41) is 11.3. The molecule has 0 amide bonds. The molecule has 4 aliphatic heterocycles. The largest absolute Gasteiger partial charge is 0.386 e. The summed E-state index contributed by atoms with van der Waals surface area (Å²) in [4.78, 5) is 7.22. The molecular formula is C33H63N3O6. The third kappa shape index (κ3) is 8.46. The predicted octanol–water partition coefficient (Wildman–Crippen LogP) is 3.19. The van der Waals surface area contributed by atoms with Crippen molar-refractivity contribution in [2.75, 3.05) is 80.9 Å². The molecule has 4 fully saturated rings. The van der Waals surface area contributed by atoms with E-state index in [9.17, 15) is 5.11 Å². The molecule has 0 saturated carbocycles. The van der Waals surface area contributed by atoms with Crippen molar-refractivity contribution in [1.82, 2.24) is 14.7 Å². The molecule has 42 heavy (non-hydrogen) atoms. The summed E-state index contributed by atoms with van der Waals surface area (Å²) in [6.07, 6.45) is 0.866. The molecule has 0 aromatic heterocycles. The molecule has 9 heteroatoms. The summed E-state index contributed by atoms with van der Waals surface area (Å²) in [5.41, 5.74) is -0.588. The fourth-order valence-corrected chi connectivity index (χ4v) is 8.25. The second-order valence-electron chi connectivity index (χ2n) is 15.7. The smallest absolute Gasteiger partial charge is 0.185 e. The molecule has 0 spiro atoms. The minimum Gasteiger partial charge on any atom is -0.386 e. The maximum Gasteiger partial charge on any atom is 0.185 e. The first-order valence-electron chi connectivity index (χ1n) is 16.5. The average Bonchev–Trinajstić information content (AvgIpc) is 2.84. The lowest BCUT2D eigenvalue weighted by molar-refractivity contribution is -0.298. The highest BCUT2D eigenvalue weighted by atomic mass is 16.7. The van der Waals surface area contributed by atoms with Gasteiger partial charge < -0.3 is 43.5 Å². The number of likely N-dealkylation sites (tertiary alicyclic amines) is 1. The van der Waals surface area contributed by atoms with Gasteiger partial charge in [-0.2, -0.15) is 0 Å². The van der Waals surface area contributed by atoms with Crippen molar-refractivity contribution in [2.45, 2.75) is 103 Å². The number of aliphatic hydroxyl groups excluding tert-OH is 1. The first-order chi connectivity index (χ1) is 19.7. The minimum atomic E-state index is -0.728. The lowest BCUT2D eigenvalue weighted by Gasteiger charge is -2.49. The van der Waals surface area contributed by atoms with E-state index >= 15 is 0 Å². The van der Waals surface area contributed by atoms with Gasteiger partial charge in [0.2, 0.25) is 0 Å². The summed E-state index contributed by atoms with van der Waals surface area (Å²) >= 11 is 0. The van der Waals surface area contributed by atoms with Crippen LogP contribution in [0.1, 0.15) is 60.8 Å². The highest BCUT2D eigenvalue weighted by Gasteiger charge is 2.47. The van der Waals surface area contributed by atoms with E-state index in [-0.39, 0.29) is 29.6 Å². The van der Waals surface area contributed by atoms with Gasteiger partial charge in [0.15, 0.2) is 6.29 Å². The minimum absolute atomic E-state index is 0.00324. The molecule has 246 valence electrons. The summed E-state index contributed by atoms with van der Waals surface area (Å²) in [5.74, 6) is 1.87. The number of hydrogen-bond donors (Lipinski definition) is 1. The van der Waals surface area contributed by atoms with Crippen LogP contribution in [0.4, 0.5) is 0 Å². The summed E-state index contributed by atoms with van der Waals surface area (Å²) < 4.78 is 31.5. The van der Waals surface area contributed by atoms with Crippen LogP contribution in [0.25, 0.3) is 0 Å². The molecule has 9 nitrogen and oxygen atoms in total. The van der Waals surface area contributed by atoms with Gasteiger partial charge in [0.05, 0.1) is 44.2 Å². The number of ether oxygens (including phenoxy) is 5. The molecule has 0 radical (unpaired) electrons. The van der Waals surface area contributed by atoms with Crippen molar-refractivity contribution in [3.05, 3.63) is 0 Å². The van der Waals surface area contributed by atoms with Crippen molar-refractivity contribution >= 4 is 0 Å². The molecular weight excluding hydrogens is 534 g/mol. The van der Waals surface area contributed by atoms with E-state index in [2.05, 4.69) is 63.3 Å². The number of methoxy groups -OCH3 is 1. The van der Waals surface area contributed by atoms with Gasteiger partial charge >= 0.3 is 0 Å². The van der Waals surface area contributed by atoms with Crippen molar-refractivity contribution in [3.63, 3.8) is 0 Å². The summed E-state index contributed by atoms with van der Waals surface area (Å²) in [7, 11) is 8.12. The van der Waals surface area contributed by atoms with Gasteiger partial charge in [-0.3, -0.25) is 0 Å². The molecule has 0 aromatic carbocycles. The van der Waals surface area contributed by atoms with Gasteiger partial charge in [-0.1, -0.05) is 27.7 Å². The molecule has 9 atom stereocenters. The fourth-order valence-electron chi connectivity index (χ4n) is 8.25. The molecule has 0 bridgehead atoms. The fraction of sp³-hybridized carbons (Fsp3) is 1.00. The van der Waals surface area contributed by atoms with Gasteiger partial charge in [-0.05, 0) is 71.5 Å². The Kier molecular flexibility index (Phi) is 11.8. The van der Waals surface area contributed by atoms with E-state index < -0.39 is 18.0 Å². The zero-order valence-corrected chi connectivity index (χ0v) is 28.4. The van der Waals surface area contributed by atoms with Crippen LogP contribution in [0.2, 0.25) is 0 Å². The Labute approximate surface area is 256 Å². The van der Waals surface area contributed by atoms with Gasteiger partial charge in [0, 0.05) is 57.2 Å². The van der Waals surface area contributed by atoms with E-state index in [4.69, 9.17) is 23.7 Å². The number of hydrogen-bond acceptors (Lipinski definition) is 9. The Morgan fingerprint density at radius 2 is 1.67 bits per heavy atom. The summed E-state index contributed by atoms with van der Waals surface area (Å²) in [6, 6.07) is 0.378. The quantitative estimate of drug-likeness (QED) is 0.476. The van der Waals surface area contributed by atoms with Crippen molar-refractivity contribution in [2.24, 2.45) is 29.1 Å². The molecule has 4 saturated heterocycles. The van der Waals surface area contributed by atoms with Crippen LogP contribution in [-0.4, -0.2) is 143 Å². The van der Waals surface area contributed by atoms with Crippen molar-refractivity contribution in [1.29, 1.82) is 0 Å². The Balaban J connectivity index is 1.51. The molecule has 0 unspecified atom stereocenters. The standard InChI is InChI=1S/C33H63N3O6/c1-22-12-33(6,38-10)30(42-31-29(37)27(34(7)8)11-24(3)41-31)23(2)13-32(4,5)21-40-20-28(35(9)14-22)26-16-36(17-26)15-25-18-39-19-25/h22-31,37H,11-21H2,1-10H3/t22-,23-,24-,27+,28+,29-,30-,31+,33-/m1/s1. The molecule has 4 heterocycles. The number of rotatable bonds is 7. The highest BCUT2D eigenvalue weighted by Crippen LogP contribution is 2.39. The van der Waals surface area contributed by atoms with Crippen LogP contribution in [0.3, 0.4) is 0 Å². The topological polar surface area (TPSA) is 76.1 Å². The molecule has 0 aromatic rings. The Morgan fingerprint density at radius 3 is 2.26 bits per heavy atom. The molecule has 0 aliphatic carbocycles. The maximum atomic E-state index is 11.3. The normalized spacial score (nSPS) is 42.3. The van der Waals surface area contributed by atoms with E-state index in [1.165, 1.54) is 0 Å². The molecule has 4 rings (SSSR count). The first kappa shape index (κ1) is 34.5. The Hall–Kier alpha value is -0.360. The number of likely N-dealkylation sites (N-methyl/N-ethyl adjacent to an activating group) is 2. The zero-order chi connectivity index (χ0) is 30.8. The number of nitrogens with zero attached hydrogens (tertiary/aromatic N) is 3. The zero-order valence-electron chi connectivity index (χ0n) is 28.4. The van der Waals surface area contributed by atoms with Crippen LogP contribution >= 0.6 is 0 Å². The van der Waals surface area contributed by atoms with Crippen LogP contribution in [0.15, 0.2) is 0 Å². The van der Waals surface area contributed by atoms with Gasteiger partial charge in [-0.25, -0.2) is 0 Å². The van der Waals surface area contributed by atoms with Crippen LogP contribution in [0.5, 0.6) is 0 Å². The lowest BCUT2D eigenvalue weighted by Crippen LogP contribution is -2.60. The summed E-state index contributed by atoms with van der Waals surface area (Å²) in [6.45, 7) is 21.2. The second-order valence-corrected chi connectivity index (χ2v) is 15.7. The SMILES string of the molecule is CO[C@]1(C)C[C@@H](C)CN(C)[C@H](C2CN(CC3COC3)C2)COCC(C)(C)C[C@@H](C)[C@H]1O[C@@H]1O[C@H](C)C[C@H](N(C)C)[C@H]1O. The first-order valence-corrected chi connectivity index (χ1v) is 16.5. The second kappa shape index (κ2) is 14.4. The van der Waals surface area contributed by atoms with Gasteiger partial charge in [0.25, 0.3) is 0 Å². The van der Waals surface area contributed by atoms with Crippen LogP contribution < -0.4 is 0 Å². The van der Waals surface area contributed by atoms with E-state index in [1.54, 1.807) is 0 Å². The lowest BCUT2D eigenvalue weighted by atomic mass is 9.75. The van der Waals surface area contributed by atoms with Crippen molar-refractivity contribution in [3.8, 4) is 0 Å². The third-order valence-corrected chi connectivity index (χ3v) is 10.5. The molecule has 4 aliphatic rings. The van der Waals surface area contributed by atoms with Crippen LogP contribution in [-0.2, 0) is 23.7 Å². The Morgan fingerprint density at radius 1 is 0.976 bits per heavy atom. The molecule has 1 N–H and O–H groups in total. The van der Waals surface area contributed by atoms with Crippen molar-refractivity contribution < 1.29 is 28.8 Å². The Bertz CT molecular complexity index is 837. The van der Waals surface area contributed by atoms with E-state index in [0.717, 1.165) is 65.3 Å².